The van der Waals surface area contributed by atoms with Gasteiger partial charge in [0.2, 0.25) is 5.91 Å². The second-order valence-electron chi connectivity index (χ2n) is 4.72. The molecule has 0 spiro atoms. The van der Waals surface area contributed by atoms with Gasteiger partial charge in [-0.2, -0.15) is 0 Å². The number of ether oxygens (including phenoxy) is 2. The molecular weight excluding hydrogens is 246 g/mol. The van der Waals surface area contributed by atoms with Crippen molar-refractivity contribution in [3.63, 3.8) is 0 Å². The van der Waals surface area contributed by atoms with E-state index in [2.05, 4.69) is 10.2 Å². The summed E-state index contributed by atoms with van der Waals surface area (Å²) in [7, 11) is 0. The molecule has 1 amide bonds. The molecule has 1 heterocycles. The second-order valence-corrected chi connectivity index (χ2v) is 4.72. The number of nitrogens with one attached hydrogen (secondary N) is 1. The molecule has 1 rings (SSSR count). The first-order chi connectivity index (χ1) is 9.17. The molecule has 6 nitrogen and oxygen atoms in total. The molecule has 3 N–H and O–H groups in total. The van der Waals surface area contributed by atoms with Crippen LogP contribution in [0.2, 0.25) is 0 Å². The monoisotopic (exact) mass is 273 g/mol. The summed E-state index contributed by atoms with van der Waals surface area (Å²) in [4.78, 5) is 13.3. The van der Waals surface area contributed by atoms with Gasteiger partial charge in [0.25, 0.3) is 0 Å². The summed E-state index contributed by atoms with van der Waals surface area (Å²) in [5, 5.41) is 3.32. The number of rotatable bonds is 9. The van der Waals surface area contributed by atoms with Gasteiger partial charge in [0, 0.05) is 19.3 Å². The van der Waals surface area contributed by atoms with Gasteiger partial charge in [-0.05, 0) is 39.8 Å². The first-order valence-corrected chi connectivity index (χ1v) is 7.13. The van der Waals surface area contributed by atoms with Gasteiger partial charge in [0.15, 0.2) is 6.29 Å². The van der Waals surface area contributed by atoms with E-state index >= 15 is 0 Å². The molecule has 0 saturated carbocycles. The third-order valence-corrected chi connectivity index (χ3v) is 3.27. The normalized spacial score (nSPS) is 17.3. The molecule has 1 fully saturated rings. The van der Waals surface area contributed by atoms with Crippen LogP contribution < -0.4 is 11.1 Å². The number of nitrogens with zero attached hydrogens (tertiary/aromatic N) is 1. The minimum Gasteiger partial charge on any atom is -0.369 e. The van der Waals surface area contributed by atoms with Crippen LogP contribution in [0.15, 0.2) is 0 Å². The van der Waals surface area contributed by atoms with Crippen molar-refractivity contribution in [2.24, 2.45) is 5.73 Å². The van der Waals surface area contributed by atoms with Crippen molar-refractivity contribution < 1.29 is 14.3 Å². The van der Waals surface area contributed by atoms with Gasteiger partial charge in [0.05, 0.1) is 13.1 Å². The fourth-order valence-electron chi connectivity index (χ4n) is 2.43. The summed E-state index contributed by atoms with van der Waals surface area (Å²) >= 11 is 0. The maximum absolute atomic E-state index is 11.2. The molecular formula is C13H27N3O3. The summed E-state index contributed by atoms with van der Waals surface area (Å²) in [5.74, 6) is -0.301. The number of hydrogen-bond donors (Lipinski definition) is 2. The number of carbonyl (C=O) groups excluding carboxylic acids is 1. The molecule has 1 saturated heterocycles. The predicted molar refractivity (Wildman–Crippen MR) is 73.7 cm³/mol. The third kappa shape index (κ3) is 6.33. The SMILES string of the molecule is CCOC(CN(CC(N)=O)C1CCNCC1)OCC. The molecule has 0 aromatic rings. The topological polar surface area (TPSA) is 76.8 Å². The maximum atomic E-state index is 11.2. The van der Waals surface area contributed by atoms with Crippen LogP contribution >= 0.6 is 0 Å². The number of amides is 1. The van der Waals surface area contributed by atoms with Gasteiger partial charge in [-0.25, -0.2) is 0 Å². The van der Waals surface area contributed by atoms with E-state index in [0.29, 0.717) is 25.8 Å². The highest BCUT2D eigenvalue weighted by Crippen LogP contribution is 2.13. The van der Waals surface area contributed by atoms with Crippen molar-refractivity contribution in [3.8, 4) is 0 Å². The third-order valence-electron chi connectivity index (χ3n) is 3.27. The van der Waals surface area contributed by atoms with E-state index in [1.165, 1.54) is 0 Å². The Morgan fingerprint density at radius 1 is 1.32 bits per heavy atom. The van der Waals surface area contributed by atoms with Crippen LogP contribution in [0.5, 0.6) is 0 Å². The minimum atomic E-state index is -0.301. The molecule has 6 heteroatoms. The van der Waals surface area contributed by atoms with Crippen molar-refractivity contribution >= 4 is 5.91 Å². The summed E-state index contributed by atoms with van der Waals surface area (Å²) in [6, 6.07) is 0.372. The van der Waals surface area contributed by atoms with Gasteiger partial charge in [-0.1, -0.05) is 0 Å². The van der Waals surface area contributed by atoms with Crippen LogP contribution in [0, 0.1) is 0 Å². The molecule has 0 radical (unpaired) electrons. The van der Waals surface area contributed by atoms with Crippen molar-refractivity contribution in [1.29, 1.82) is 0 Å². The predicted octanol–water partition coefficient (Wildman–Crippen LogP) is -0.0752. The fourth-order valence-corrected chi connectivity index (χ4v) is 2.43. The van der Waals surface area contributed by atoms with Crippen molar-refractivity contribution in [3.05, 3.63) is 0 Å². The van der Waals surface area contributed by atoms with E-state index in [-0.39, 0.29) is 18.7 Å². The lowest BCUT2D eigenvalue weighted by Gasteiger charge is -2.35. The van der Waals surface area contributed by atoms with Crippen LogP contribution in [0.4, 0.5) is 0 Å². The molecule has 0 aliphatic carbocycles. The second kappa shape index (κ2) is 9.25. The van der Waals surface area contributed by atoms with Gasteiger partial charge in [0.1, 0.15) is 0 Å². The van der Waals surface area contributed by atoms with Crippen LogP contribution in [0.1, 0.15) is 26.7 Å². The highest BCUT2D eigenvalue weighted by atomic mass is 16.7. The number of hydrogen-bond acceptors (Lipinski definition) is 5. The summed E-state index contributed by atoms with van der Waals surface area (Å²) in [6.45, 7) is 7.89. The average Bonchev–Trinajstić information content (AvgIpc) is 2.39. The van der Waals surface area contributed by atoms with E-state index in [4.69, 9.17) is 15.2 Å². The van der Waals surface area contributed by atoms with E-state index < -0.39 is 0 Å². The molecule has 0 atom stereocenters. The Morgan fingerprint density at radius 2 is 1.89 bits per heavy atom. The number of primary amides is 1. The molecule has 0 bridgehead atoms. The van der Waals surface area contributed by atoms with Gasteiger partial charge in [-0.15, -0.1) is 0 Å². The molecule has 0 aromatic carbocycles. The zero-order chi connectivity index (χ0) is 14.1. The fraction of sp³-hybridized carbons (Fsp3) is 0.923. The standard InChI is InChI=1S/C13H27N3O3/c1-3-18-13(19-4-2)10-16(9-12(14)17)11-5-7-15-8-6-11/h11,13,15H,3-10H2,1-2H3,(H2,14,17). The Bertz CT molecular complexity index is 252. The van der Waals surface area contributed by atoms with Crippen molar-refractivity contribution in [2.75, 3.05) is 39.4 Å². The van der Waals surface area contributed by atoms with Crippen LogP contribution in [0.3, 0.4) is 0 Å². The Balaban J connectivity index is 2.57. The molecule has 0 aromatic heterocycles. The highest BCUT2D eigenvalue weighted by Gasteiger charge is 2.25. The zero-order valence-corrected chi connectivity index (χ0v) is 12.1. The lowest BCUT2D eigenvalue weighted by Crippen LogP contribution is -2.49. The molecule has 112 valence electrons. The average molecular weight is 273 g/mol. The van der Waals surface area contributed by atoms with E-state index in [1.54, 1.807) is 0 Å². The zero-order valence-electron chi connectivity index (χ0n) is 12.1. The number of nitrogens with two attached hydrogens (primary N) is 1. The Labute approximate surface area is 115 Å². The smallest absolute Gasteiger partial charge is 0.231 e. The number of piperidine rings is 1. The molecule has 1 aliphatic heterocycles. The minimum absolute atomic E-state index is 0.265. The van der Waals surface area contributed by atoms with Gasteiger partial charge in [-0.3, -0.25) is 9.69 Å². The Hall–Kier alpha value is -0.690. The lowest BCUT2D eigenvalue weighted by molar-refractivity contribution is -0.153. The molecule has 1 aliphatic rings. The molecule has 19 heavy (non-hydrogen) atoms. The molecule has 0 unspecified atom stereocenters. The summed E-state index contributed by atoms with van der Waals surface area (Å²) in [5.41, 5.74) is 5.35. The van der Waals surface area contributed by atoms with Crippen molar-refractivity contribution in [2.45, 2.75) is 39.0 Å². The number of carbonyl (C=O) groups is 1. The lowest BCUT2D eigenvalue weighted by atomic mass is 10.0. The first kappa shape index (κ1) is 16.4. The van der Waals surface area contributed by atoms with E-state index in [1.807, 2.05) is 13.8 Å². The van der Waals surface area contributed by atoms with Gasteiger partial charge >= 0.3 is 0 Å². The summed E-state index contributed by atoms with van der Waals surface area (Å²) in [6.07, 6.45) is 1.76. The van der Waals surface area contributed by atoms with Crippen LogP contribution in [0.25, 0.3) is 0 Å². The van der Waals surface area contributed by atoms with Crippen molar-refractivity contribution in [1.82, 2.24) is 10.2 Å². The first-order valence-electron chi connectivity index (χ1n) is 7.13. The summed E-state index contributed by atoms with van der Waals surface area (Å²) < 4.78 is 11.1. The maximum Gasteiger partial charge on any atom is 0.231 e. The Kier molecular flexibility index (Phi) is 7.97. The highest BCUT2D eigenvalue weighted by molar-refractivity contribution is 5.75. The van der Waals surface area contributed by atoms with Crippen LogP contribution in [-0.2, 0) is 14.3 Å². The largest absolute Gasteiger partial charge is 0.369 e. The Morgan fingerprint density at radius 3 is 2.37 bits per heavy atom. The van der Waals surface area contributed by atoms with E-state index in [9.17, 15) is 4.79 Å². The van der Waals surface area contributed by atoms with Crippen LogP contribution in [-0.4, -0.2) is 62.5 Å². The van der Waals surface area contributed by atoms with E-state index in [0.717, 1.165) is 25.9 Å². The van der Waals surface area contributed by atoms with Gasteiger partial charge < -0.3 is 20.5 Å². The quantitative estimate of drug-likeness (QED) is 0.575.